The number of halogens is 3. The Kier molecular flexibility index (Phi) is 10.0. The molecule has 0 aliphatic rings. The number of rotatable bonds is 10. The molecule has 0 heterocycles. The molecule has 0 aromatic heterocycles. The second-order valence-electron chi connectivity index (χ2n) is 8.32. The number of hydrogen-bond donors (Lipinski definition) is 1. The van der Waals surface area contributed by atoms with Crippen LogP contribution in [0, 0.1) is 0 Å². The third kappa shape index (κ3) is 7.95. The first-order chi connectivity index (χ1) is 17.5. The van der Waals surface area contributed by atoms with E-state index in [1.165, 1.54) is 11.9 Å². The number of carbonyl (C=O) groups is 2. The van der Waals surface area contributed by atoms with E-state index in [0.29, 0.717) is 21.3 Å². The predicted octanol–water partition coefficient (Wildman–Crippen LogP) is 4.91. The van der Waals surface area contributed by atoms with E-state index in [1.54, 1.807) is 42.5 Å². The van der Waals surface area contributed by atoms with Crippen LogP contribution >= 0.6 is 39.1 Å². The standard InChI is InChI=1S/C26H26BrCl2N3O4S/c1-30-26(34)24(14-18-6-4-3-5-7-18)31(16-19-8-11-21(28)15-23(19)29)25(33)17-32(37(2,35)36)22-12-9-20(27)10-13-22/h3-13,15,24H,14,16-17H2,1-2H3,(H,30,34)/t24-/m1/s1. The maximum atomic E-state index is 13.8. The monoisotopic (exact) mass is 625 g/mol. The predicted molar refractivity (Wildman–Crippen MR) is 151 cm³/mol. The number of benzene rings is 3. The van der Waals surface area contributed by atoms with E-state index in [9.17, 15) is 18.0 Å². The van der Waals surface area contributed by atoms with Crippen LogP contribution in [-0.4, -0.2) is 51.0 Å². The summed E-state index contributed by atoms with van der Waals surface area (Å²) in [5.74, 6) is -0.958. The van der Waals surface area contributed by atoms with E-state index in [-0.39, 0.29) is 13.0 Å². The number of carbonyl (C=O) groups excluding carboxylic acids is 2. The highest BCUT2D eigenvalue weighted by Gasteiger charge is 2.33. The van der Waals surface area contributed by atoms with Crippen molar-refractivity contribution in [2.45, 2.75) is 19.0 Å². The lowest BCUT2D eigenvalue weighted by Gasteiger charge is -2.33. The van der Waals surface area contributed by atoms with Crippen LogP contribution in [0.5, 0.6) is 0 Å². The lowest BCUT2D eigenvalue weighted by molar-refractivity contribution is -0.139. The average Bonchev–Trinajstić information content (AvgIpc) is 2.86. The lowest BCUT2D eigenvalue weighted by atomic mass is 10.0. The Morgan fingerprint density at radius 1 is 1.00 bits per heavy atom. The molecule has 196 valence electrons. The second-order valence-corrected chi connectivity index (χ2v) is 12.0. The van der Waals surface area contributed by atoms with Crippen LogP contribution < -0.4 is 9.62 Å². The molecular weight excluding hydrogens is 601 g/mol. The number of anilines is 1. The quantitative estimate of drug-likeness (QED) is 0.347. The fourth-order valence-electron chi connectivity index (χ4n) is 3.78. The summed E-state index contributed by atoms with van der Waals surface area (Å²) in [6, 6.07) is 19.8. The van der Waals surface area contributed by atoms with Crippen LogP contribution in [0.3, 0.4) is 0 Å². The van der Waals surface area contributed by atoms with Gasteiger partial charge in [-0.05, 0) is 47.5 Å². The van der Waals surface area contributed by atoms with Gasteiger partial charge in [0.05, 0.1) is 11.9 Å². The first-order valence-corrected chi connectivity index (χ1v) is 14.6. The summed E-state index contributed by atoms with van der Waals surface area (Å²) in [6.07, 6.45) is 1.25. The average molecular weight is 627 g/mol. The SMILES string of the molecule is CNC(=O)[C@@H](Cc1ccccc1)N(Cc1ccc(Cl)cc1Cl)C(=O)CN(c1ccc(Br)cc1)S(C)(=O)=O. The van der Waals surface area contributed by atoms with Gasteiger partial charge in [0.2, 0.25) is 21.8 Å². The van der Waals surface area contributed by atoms with Crippen molar-refractivity contribution in [3.8, 4) is 0 Å². The van der Waals surface area contributed by atoms with Crippen LogP contribution in [0.1, 0.15) is 11.1 Å². The molecule has 0 saturated carbocycles. The molecule has 7 nitrogen and oxygen atoms in total. The zero-order valence-corrected chi connectivity index (χ0v) is 24.1. The maximum Gasteiger partial charge on any atom is 0.244 e. The van der Waals surface area contributed by atoms with E-state index >= 15 is 0 Å². The highest BCUT2D eigenvalue weighted by atomic mass is 79.9. The number of hydrogen-bond acceptors (Lipinski definition) is 4. The topological polar surface area (TPSA) is 86.8 Å². The van der Waals surface area contributed by atoms with Crippen molar-refractivity contribution < 1.29 is 18.0 Å². The molecule has 2 amide bonds. The van der Waals surface area contributed by atoms with E-state index in [0.717, 1.165) is 20.6 Å². The van der Waals surface area contributed by atoms with Crippen LogP contribution in [0.2, 0.25) is 10.0 Å². The Morgan fingerprint density at radius 3 is 2.22 bits per heavy atom. The first kappa shape index (κ1) is 29.0. The molecule has 0 fully saturated rings. The van der Waals surface area contributed by atoms with E-state index < -0.39 is 34.4 Å². The highest BCUT2D eigenvalue weighted by Crippen LogP contribution is 2.25. The molecule has 0 aliphatic carbocycles. The molecule has 1 N–H and O–H groups in total. The van der Waals surface area contributed by atoms with Crippen molar-refractivity contribution in [3.63, 3.8) is 0 Å². The van der Waals surface area contributed by atoms with Crippen LogP contribution in [-0.2, 0) is 32.6 Å². The Balaban J connectivity index is 2.04. The van der Waals surface area contributed by atoms with Crippen molar-refractivity contribution >= 4 is 66.7 Å². The minimum atomic E-state index is -3.83. The van der Waals surface area contributed by atoms with Gasteiger partial charge >= 0.3 is 0 Å². The Hall–Kier alpha value is -2.59. The van der Waals surface area contributed by atoms with Crippen molar-refractivity contribution in [1.82, 2.24) is 10.2 Å². The van der Waals surface area contributed by atoms with Gasteiger partial charge in [0.1, 0.15) is 12.6 Å². The first-order valence-electron chi connectivity index (χ1n) is 11.2. The third-order valence-electron chi connectivity index (χ3n) is 5.67. The fraction of sp³-hybridized carbons (Fsp3) is 0.231. The molecule has 0 unspecified atom stereocenters. The largest absolute Gasteiger partial charge is 0.357 e. The number of sulfonamides is 1. The van der Waals surface area contributed by atoms with Crippen molar-refractivity contribution in [2.75, 3.05) is 24.2 Å². The van der Waals surface area contributed by atoms with Gasteiger partial charge in [0.25, 0.3) is 0 Å². The molecule has 3 aromatic carbocycles. The number of nitrogens with zero attached hydrogens (tertiary/aromatic N) is 2. The van der Waals surface area contributed by atoms with E-state index in [4.69, 9.17) is 23.2 Å². The smallest absolute Gasteiger partial charge is 0.244 e. The minimum Gasteiger partial charge on any atom is -0.357 e. The van der Waals surface area contributed by atoms with Crippen LogP contribution in [0.15, 0.2) is 77.3 Å². The van der Waals surface area contributed by atoms with Gasteiger partial charge in [-0.2, -0.15) is 0 Å². The molecule has 3 aromatic rings. The third-order valence-corrected chi connectivity index (χ3v) is 7.92. The Morgan fingerprint density at radius 2 is 1.65 bits per heavy atom. The highest BCUT2D eigenvalue weighted by molar-refractivity contribution is 9.10. The second kappa shape index (κ2) is 12.8. The van der Waals surface area contributed by atoms with Gasteiger partial charge in [0.15, 0.2) is 0 Å². The van der Waals surface area contributed by atoms with Gasteiger partial charge in [-0.1, -0.05) is 75.5 Å². The fourth-order valence-corrected chi connectivity index (χ4v) is 5.36. The molecule has 3 rings (SSSR count). The van der Waals surface area contributed by atoms with Crippen LogP contribution in [0.25, 0.3) is 0 Å². The molecule has 11 heteroatoms. The minimum absolute atomic E-state index is 0.0301. The van der Waals surface area contributed by atoms with Gasteiger partial charge in [-0.25, -0.2) is 8.42 Å². The summed E-state index contributed by atoms with van der Waals surface area (Å²) >= 11 is 15.8. The molecule has 0 bridgehead atoms. The van der Waals surface area contributed by atoms with Gasteiger partial charge in [0, 0.05) is 34.5 Å². The summed E-state index contributed by atoms with van der Waals surface area (Å²) < 4.78 is 27.2. The maximum absolute atomic E-state index is 13.8. The summed E-state index contributed by atoms with van der Waals surface area (Å²) in [5.41, 5.74) is 1.72. The van der Waals surface area contributed by atoms with Crippen molar-refractivity contribution in [2.24, 2.45) is 0 Å². The molecule has 0 aliphatic heterocycles. The summed E-state index contributed by atoms with van der Waals surface area (Å²) in [5, 5.41) is 3.38. The zero-order valence-electron chi connectivity index (χ0n) is 20.2. The molecule has 1 atom stereocenters. The van der Waals surface area contributed by atoms with Gasteiger partial charge in [-0.15, -0.1) is 0 Å². The molecular formula is C26H26BrCl2N3O4S. The molecule has 0 spiro atoms. The number of likely N-dealkylation sites (N-methyl/N-ethyl adjacent to an activating group) is 1. The molecule has 0 saturated heterocycles. The van der Waals surface area contributed by atoms with E-state index in [1.807, 2.05) is 30.3 Å². The van der Waals surface area contributed by atoms with Gasteiger partial charge in [-0.3, -0.25) is 13.9 Å². The number of nitrogens with one attached hydrogen (secondary N) is 1. The van der Waals surface area contributed by atoms with E-state index in [2.05, 4.69) is 21.2 Å². The Labute approximate surface area is 235 Å². The summed E-state index contributed by atoms with van der Waals surface area (Å²) in [6.45, 7) is -0.536. The summed E-state index contributed by atoms with van der Waals surface area (Å²) in [4.78, 5) is 28.3. The molecule has 37 heavy (non-hydrogen) atoms. The van der Waals surface area contributed by atoms with Crippen LogP contribution in [0.4, 0.5) is 5.69 Å². The Bertz CT molecular complexity index is 1360. The van der Waals surface area contributed by atoms with Crippen molar-refractivity contribution in [1.29, 1.82) is 0 Å². The van der Waals surface area contributed by atoms with Gasteiger partial charge < -0.3 is 10.2 Å². The number of amides is 2. The summed E-state index contributed by atoms with van der Waals surface area (Å²) in [7, 11) is -2.34. The molecule has 0 radical (unpaired) electrons. The zero-order chi connectivity index (χ0) is 27.2. The lowest BCUT2D eigenvalue weighted by Crippen LogP contribution is -2.52. The van der Waals surface area contributed by atoms with Crippen molar-refractivity contribution in [3.05, 3.63) is 98.4 Å². The normalized spacial score (nSPS) is 12.0.